The van der Waals surface area contributed by atoms with E-state index in [1.54, 1.807) is 10.4 Å². The van der Waals surface area contributed by atoms with Crippen LogP contribution in [0.1, 0.15) is 22.3 Å². The maximum atomic E-state index is 4.71. The molecule has 0 N–H and O–H groups in total. The second-order valence-corrected chi connectivity index (χ2v) is 19.2. The Morgan fingerprint density at radius 3 is 1.52 bits per heavy atom. The van der Waals surface area contributed by atoms with Crippen LogP contribution in [-0.4, -0.2) is 13.1 Å². The zero-order valence-electron chi connectivity index (χ0n) is 28.4. The van der Waals surface area contributed by atoms with E-state index < -0.39 is 8.07 Å². The molecule has 0 saturated carbocycles. The van der Waals surface area contributed by atoms with Gasteiger partial charge in [0.1, 0.15) is 8.07 Å². The Morgan fingerprint density at radius 2 is 0.940 bits per heavy atom. The van der Waals surface area contributed by atoms with Crippen LogP contribution in [0.4, 0.5) is 0 Å². The van der Waals surface area contributed by atoms with Crippen molar-refractivity contribution < 1.29 is 0 Å². The van der Waals surface area contributed by atoms with E-state index in [9.17, 15) is 0 Å². The van der Waals surface area contributed by atoms with Gasteiger partial charge in [-0.3, -0.25) is 4.98 Å². The molecule has 0 fully saturated rings. The Kier molecular flexibility index (Phi) is 6.44. The SMILES string of the molecule is C[Si]1(C)c2ccc(-c3ccc4ccccc4c3)cc2C2(Cc3ccc(-c4ccccn4)cc3C2)c2cc(-c3ccc4ccccc4c3)ccc21. The zero-order valence-corrected chi connectivity index (χ0v) is 29.4. The minimum atomic E-state index is -2.04. The van der Waals surface area contributed by atoms with Crippen molar-refractivity contribution in [2.75, 3.05) is 0 Å². The maximum absolute atomic E-state index is 4.71. The molecule has 1 aromatic heterocycles. The second kappa shape index (κ2) is 11.0. The van der Waals surface area contributed by atoms with Gasteiger partial charge in [-0.1, -0.05) is 151 Å². The molecule has 238 valence electrons. The van der Waals surface area contributed by atoms with Crippen LogP contribution in [0.15, 0.2) is 164 Å². The number of rotatable bonds is 3. The third-order valence-electron chi connectivity index (χ3n) is 11.7. The molecule has 8 aromatic rings. The van der Waals surface area contributed by atoms with E-state index in [-0.39, 0.29) is 5.41 Å². The first-order valence-corrected chi connectivity index (χ1v) is 20.8. The van der Waals surface area contributed by atoms with E-state index >= 15 is 0 Å². The van der Waals surface area contributed by atoms with Crippen LogP contribution in [0.2, 0.25) is 13.1 Å². The molecule has 0 bridgehead atoms. The molecule has 0 radical (unpaired) electrons. The fraction of sp³-hybridized carbons (Fsp3) is 0.104. The molecule has 0 atom stereocenters. The standard InChI is InChI=1S/C48H37NSi/c1-50(2)46-22-20-38(36-16-14-32-9-3-5-11-34(32)25-36)28-43(46)48(30-41-19-18-40(27-42(41)31-48)45-13-7-8-24-49-45)44-29-39(21-23-47(44)50)37-17-15-33-10-4-6-12-35(33)26-37/h3-29H,30-31H2,1-2H3. The van der Waals surface area contributed by atoms with Crippen molar-refractivity contribution in [1.82, 2.24) is 4.98 Å². The molecule has 0 unspecified atom stereocenters. The summed E-state index contributed by atoms with van der Waals surface area (Å²) in [6.07, 6.45) is 3.88. The monoisotopic (exact) mass is 655 g/mol. The number of benzene rings is 7. The Morgan fingerprint density at radius 1 is 0.440 bits per heavy atom. The number of hydrogen-bond donors (Lipinski definition) is 0. The lowest BCUT2D eigenvalue weighted by Crippen LogP contribution is -2.63. The van der Waals surface area contributed by atoms with Crippen molar-refractivity contribution >= 4 is 40.0 Å². The van der Waals surface area contributed by atoms with Crippen molar-refractivity contribution in [2.45, 2.75) is 31.4 Å². The zero-order chi connectivity index (χ0) is 33.5. The van der Waals surface area contributed by atoms with E-state index in [0.29, 0.717) is 0 Å². The molecule has 7 aromatic carbocycles. The minimum absolute atomic E-state index is 0.155. The van der Waals surface area contributed by atoms with Gasteiger partial charge in [0.15, 0.2) is 0 Å². The minimum Gasteiger partial charge on any atom is -0.256 e. The van der Waals surface area contributed by atoms with Crippen molar-refractivity contribution in [3.63, 3.8) is 0 Å². The summed E-state index contributed by atoms with van der Waals surface area (Å²) < 4.78 is 0. The molecule has 50 heavy (non-hydrogen) atoms. The normalized spacial score (nSPS) is 15.2. The highest BCUT2D eigenvalue weighted by atomic mass is 28.3. The molecule has 1 spiro atoms. The van der Waals surface area contributed by atoms with Crippen LogP contribution in [0, 0.1) is 0 Å². The highest BCUT2D eigenvalue weighted by molar-refractivity contribution is 7.01. The highest BCUT2D eigenvalue weighted by Crippen LogP contribution is 2.49. The summed E-state index contributed by atoms with van der Waals surface area (Å²) in [6.45, 7) is 5.12. The molecule has 2 heterocycles. The van der Waals surface area contributed by atoms with Gasteiger partial charge in [0.25, 0.3) is 0 Å². The predicted molar refractivity (Wildman–Crippen MR) is 213 cm³/mol. The summed E-state index contributed by atoms with van der Waals surface area (Å²) >= 11 is 0. The average Bonchev–Trinajstić information content (AvgIpc) is 3.57. The smallest absolute Gasteiger partial charge is 0.113 e. The molecule has 2 heteroatoms. The first kappa shape index (κ1) is 29.4. The lowest BCUT2D eigenvalue weighted by atomic mass is 9.70. The summed E-state index contributed by atoms with van der Waals surface area (Å²) in [7, 11) is -2.04. The Labute approximate surface area is 294 Å². The van der Waals surface area contributed by atoms with Crippen LogP contribution in [0.3, 0.4) is 0 Å². The molecular weight excluding hydrogens is 619 g/mol. The summed E-state index contributed by atoms with van der Waals surface area (Å²) in [5.74, 6) is 0. The lowest BCUT2D eigenvalue weighted by molar-refractivity contribution is 0.552. The third kappa shape index (κ3) is 4.48. The fourth-order valence-corrected chi connectivity index (χ4v) is 12.4. The van der Waals surface area contributed by atoms with Gasteiger partial charge in [-0.25, -0.2) is 0 Å². The van der Waals surface area contributed by atoms with Crippen LogP contribution in [0.25, 0.3) is 55.1 Å². The average molecular weight is 656 g/mol. The molecule has 1 aliphatic heterocycles. The Bertz CT molecular complexity index is 2500. The summed E-state index contributed by atoms with van der Waals surface area (Å²) in [4.78, 5) is 4.71. The van der Waals surface area contributed by atoms with Crippen LogP contribution in [-0.2, 0) is 18.3 Å². The van der Waals surface area contributed by atoms with Crippen molar-refractivity contribution in [1.29, 1.82) is 0 Å². The molecule has 1 aliphatic carbocycles. The van der Waals surface area contributed by atoms with Crippen LogP contribution in [0.5, 0.6) is 0 Å². The maximum Gasteiger partial charge on any atom is 0.113 e. The number of aromatic nitrogens is 1. The molecule has 1 nitrogen and oxygen atoms in total. The number of nitrogens with zero attached hydrogens (tertiary/aromatic N) is 1. The van der Waals surface area contributed by atoms with Gasteiger partial charge in [-0.2, -0.15) is 0 Å². The van der Waals surface area contributed by atoms with Crippen molar-refractivity contribution in [3.05, 3.63) is 186 Å². The van der Waals surface area contributed by atoms with Crippen LogP contribution < -0.4 is 10.4 Å². The number of fused-ring (bicyclic) bond motifs is 7. The molecular formula is C48H37NSi. The Hall–Kier alpha value is -5.57. The quantitative estimate of drug-likeness (QED) is 0.173. The molecule has 10 rings (SSSR count). The summed E-state index contributed by atoms with van der Waals surface area (Å²) in [5, 5.41) is 8.28. The van der Waals surface area contributed by atoms with E-state index in [1.165, 1.54) is 71.6 Å². The van der Waals surface area contributed by atoms with Gasteiger partial charge in [-0.05, 0) is 109 Å². The van der Waals surface area contributed by atoms with E-state index in [4.69, 9.17) is 4.98 Å². The van der Waals surface area contributed by atoms with Gasteiger partial charge in [0, 0.05) is 17.2 Å². The second-order valence-electron chi connectivity index (χ2n) is 14.9. The lowest BCUT2D eigenvalue weighted by Gasteiger charge is -2.45. The molecule has 0 saturated heterocycles. The van der Waals surface area contributed by atoms with Gasteiger partial charge in [0.2, 0.25) is 0 Å². The van der Waals surface area contributed by atoms with E-state index in [1.807, 2.05) is 12.3 Å². The molecule has 0 amide bonds. The van der Waals surface area contributed by atoms with Crippen molar-refractivity contribution in [2.24, 2.45) is 0 Å². The third-order valence-corrected chi connectivity index (χ3v) is 15.3. The van der Waals surface area contributed by atoms with Crippen molar-refractivity contribution in [3.8, 4) is 33.5 Å². The number of hydrogen-bond acceptors (Lipinski definition) is 1. The van der Waals surface area contributed by atoms with Gasteiger partial charge >= 0.3 is 0 Å². The summed E-state index contributed by atoms with van der Waals surface area (Å²) in [6, 6.07) is 59.5. The van der Waals surface area contributed by atoms with E-state index in [2.05, 4.69) is 165 Å². The topological polar surface area (TPSA) is 12.9 Å². The van der Waals surface area contributed by atoms with Gasteiger partial charge < -0.3 is 0 Å². The highest BCUT2D eigenvalue weighted by Gasteiger charge is 2.50. The first-order valence-electron chi connectivity index (χ1n) is 17.8. The fourth-order valence-electron chi connectivity index (χ4n) is 9.11. The number of pyridine rings is 1. The first-order chi connectivity index (χ1) is 24.5. The van der Waals surface area contributed by atoms with Crippen LogP contribution >= 0.6 is 0 Å². The van der Waals surface area contributed by atoms with Gasteiger partial charge in [-0.15, -0.1) is 0 Å². The van der Waals surface area contributed by atoms with E-state index in [0.717, 1.165) is 18.5 Å². The largest absolute Gasteiger partial charge is 0.256 e. The summed E-state index contributed by atoms with van der Waals surface area (Å²) in [5.41, 5.74) is 13.2. The Balaban J connectivity index is 1.19. The molecule has 2 aliphatic rings. The van der Waals surface area contributed by atoms with Gasteiger partial charge in [0.05, 0.1) is 5.69 Å². The predicted octanol–water partition coefficient (Wildman–Crippen LogP) is 10.6.